The Morgan fingerprint density at radius 2 is 1.75 bits per heavy atom. The Kier molecular flexibility index (Phi) is 4.31. The van der Waals surface area contributed by atoms with E-state index in [2.05, 4.69) is 23.2 Å². The molecule has 1 N–H and O–H groups in total. The van der Waals surface area contributed by atoms with Crippen molar-refractivity contribution in [1.29, 1.82) is 0 Å². The van der Waals surface area contributed by atoms with Gasteiger partial charge in [0.05, 0.1) is 11.6 Å². The Morgan fingerprint density at radius 1 is 1.00 bits per heavy atom. The van der Waals surface area contributed by atoms with Gasteiger partial charge in [0.25, 0.3) is 0 Å². The summed E-state index contributed by atoms with van der Waals surface area (Å²) in [5, 5.41) is 11.7. The molecule has 1 aliphatic rings. The number of pyridine rings is 1. The summed E-state index contributed by atoms with van der Waals surface area (Å²) in [6.45, 7) is 0. The summed E-state index contributed by atoms with van der Waals surface area (Å²) in [6.07, 6.45) is 8.01. The van der Waals surface area contributed by atoms with Crippen molar-refractivity contribution in [2.24, 2.45) is 5.92 Å². The standard InChI is InChI=1S/C18H23NO/c20-18(15-8-3-1-2-4-9-15)13-16-12-11-14-7-5-6-10-17(14)19-16/h5-7,10-12,15,18,20H,1-4,8-9,13H2. The lowest BCUT2D eigenvalue weighted by Gasteiger charge is -2.21. The van der Waals surface area contributed by atoms with E-state index in [9.17, 15) is 5.11 Å². The largest absolute Gasteiger partial charge is 0.392 e. The Morgan fingerprint density at radius 3 is 2.55 bits per heavy atom. The third-order valence-electron chi connectivity index (χ3n) is 4.52. The lowest BCUT2D eigenvalue weighted by Crippen LogP contribution is -2.23. The van der Waals surface area contributed by atoms with E-state index < -0.39 is 0 Å². The molecule has 2 nitrogen and oxygen atoms in total. The maximum absolute atomic E-state index is 10.5. The minimum atomic E-state index is -0.234. The van der Waals surface area contributed by atoms with Crippen LogP contribution in [0.5, 0.6) is 0 Å². The number of fused-ring (bicyclic) bond motifs is 1. The smallest absolute Gasteiger partial charge is 0.0705 e. The zero-order chi connectivity index (χ0) is 13.8. The van der Waals surface area contributed by atoms with E-state index in [0.29, 0.717) is 12.3 Å². The van der Waals surface area contributed by atoms with Crippen LogP contribution in [0.2, 0.25) is 0 Å². The van der Waals surface area contributed by atoms with E-state index in [0.717, 1.165) is 11.2 Å². The molecule has 0 spiro atoms. The van der Waals surface area contributed by atoms with Crippen LogP contribution in [-0.4, -0.2) is 16.2 Å². The number of aliphatic hydroxyl groups is 1. The SMILES string of the molecule is OC(Cc1ccc2ccccc2n1)C1CCCCCC1. The maximum Gasteiger partial charge on any atom is 0.0705 e. The molecule has 0 radical (unpaired) electrons. The second-order valence-corrected chi connectivity index (χ2v) is 6.02. The van der Waals surface area contributed by atoms with Crippen LogP contribution in [0.1, 0.15) is 44.2 Å². The average molecular weight is 269 g/mol. The van der Waals surface area contributed by atoms with Crippen LogP contribution in [0, 0.1) is 5.92 Å². The highest BCUT2D eigenvalue weighted by Crippen LogP contribution is 2.27. The van der Waals surface area contributed by atoms with Crippen LogP contribution in [0.3, 0.4) is 0 Å². The van der Waals surface area contributed by atoms with Crippen LogP contribution in [0.4, 0.5) is 0 Å². The van der Waals surface area contributed by atoms with Crippen molar-refractivity contribution in [1.82, 2.24) is 4.98 Å². The van der Waals surface area contributed by atoms with Gasteiger partial charge in [-0.3, -0.25) is 4.98 Å². The number of nitrogens with zero attached hydrogens (tertiary/aromatic N) is 1. The van der Waals surface area contributed by atoms with E-state index in [4.69, 9.17) is 0 Å². The first-order valence-corrected chi connectivity index (χ1v) is 7.86. The Bertz CT molecular complexity index is 558. The number of para-hydroxylation sites is 1. The molecule has 0 amide bonds. The summed E-state index contributed by atoms with van der Waals surface area (Å²) >= 11 is 0. The van der Waals surface area contributed by atoms with E-state index in [1.165, 1.54) is 43.9 Å². The lowest BCUT2D eigenvalue weighted by atomic mass is 9.91. The molecular formula is C18H23NO. The van der Waals surface area contributed by atoms with Gasteiger partial charge < -0.3 is 5.11 Å². The number of aliphatic hydroxyl groups excluding tert-OH is 1. The Hall–Kier alpha value is -1.41. The second-order valence-electron chi connectivity index (χ2n) is 6.02. The second kappa shape index (κ2) is 6.36. The summed E-state index contributed by atoms with van der Waals surface area (Å²) < 4.78 is 0. The first kappa shape index (κ1) is 13.6. The summed E-state index contributed by atoms with van der Waals surface area (Å²) in [5.74, 6) is 0.464. The van der Waals surface area contributed by atoms with Crippen LogP contribution in [0.25, 0.3) is 10.9 Å². The van der Waals surface area contributed by atoms with E-state index in [1.807, 2.05) is 18.2 Å². The van der Waals surface area contributed by atoms with Crippen molar-refractivity contribution >= 4 is 10.9 Å². The van der Waals surface area contributed by atoms with Gasteiger partial charge in [-0.25, -0.2) is 0 Å². The predicted octanol–water partition coefficient (Wildman–Crippen LogP) is 4.11. The molecule has 106 valence electrons. The fraction of sp³-hybridized carbons (Fsp3) is 0.500. The summed E-state index contributed by atoms with van der Waals surface area (Å²) in [6, 6.07) is 12.3. The van der Waals surface area contributed by atoms with Crippen molar-refractivity contribution < 1.29 is 5.11 Å². The van der Waals surface area contributed by atoms with E-state index in [1.54, 1.807) is 0 Å². The number of rotatable bonds is 3. The minimum Gasteiger partial charge on any atom is -0.392 e. The summed E-state index contributed by atoms with van der Waals surface area (Å²) in [4.78, 5) is 4.67. The third-order valence-corrected chi connectivity index (χ3v) is 4.52. The van der Waals surface area contributed by atoms with Crippen molar-refractivity contribution in [2.75, 3.05) is 0 Å². The number of benzene rings is 1. The summed E-state index contributed by atoms with van der Waals surface area (Å²) in [5.41, 5.74) is 2.04. The Labute approximate surface area is 120 Å². The van der Waals surface area contributed by atoms with Crippen molar-refractivity contribution in [2.45, 2.75) is 51.0 Å². The van der Waals surface area contributed by atoms with E-state index in [-0.39, 0.29) is 6.10 Å². The highest BCUT2D eigenvalue weighted by molar-refractivity contribution is 5.78. The molecule has 3 rings (SSSR count). The molecule has 1 saturated carbocycles. The first-order chi connectivity index (χ1) is 9.83. The molecule has 1 heterocycles. The normalized spacial score (nSPS) is 18.9. The highest BCUT2D eigenvalue weighted by atomic mass is 16.3. The quantitative estimate of drug-likeness (QED) is 0.851. The molecule has 20 heavy (non-hydrogen) atoms. The van der Waals surface area contributed by atoms with Gasteiger partial charge >= 0.3 is 0 Å². The molecular weight excluding hydrogens is 246 g/mol. The highest BCUT2D eigenvalue weighted by Gasteiger charge is 2.21. The first-order valence-electron chi connectivity index (χ1n) is 7.86. The molecule has 1 unspecified atom stereocenters. The monoisotopic (exact) mass is 269 g/mol. The molecule has 2 aromatic rings. The molecule has 0 saturated heterocycles. The van der Waals surface area contributed by atoms with Gasteiger partial charge in [0.1, 0.15) is 0 Å². The van der Waals surface area contributed by atoms with Crippen LogP contribution in [0.15, 0.2) is 36.4 Å². The van der Waals surface area contributed by atoms with Crippen molar-refractivity contribution in [3.63, 3.8) is 0 Å². The number of hydrogen-bond donors (Lipinski definition) is 1. The molecule has 1 atom stereocenters. The van der Waals surface area contributed by atoms with Gasteiger partial charge in [-0.15, -0.1) is 0 Å². The minimum absolute atomic E-state index is 0.234. The van der Waals surface area contributed by atoms with Gasteiger partial charge in [-0.2, -0.15) is 0 Å². The molecule has 2 heteroatoms. The summed E-state index contributed by atoms with van der Waals surface area (Å²) in [7, 11) is 0. The molecule has 0 aliphatic heterocycles. The molecule has 1 aromatic carbocycles. The zero-order valence-electron chi connectivity index (χ0n) is 12.0. The Balaban J connectivity index is 1.71. The predicted molar refractivity (Wildman–Crippen MR) is 82.6 cm³/mol. The van der Waals surface area contributed by atoms with Gasteiger partial charge in [-0.1, -0.05) is 49.9 Å². The van der Waals surface area contributed by atoms with Crippen molar-refractivity contribution in [3.8, 4) is 0 Å². The van der Waals surface area contributed by atoms with Gasteiger partial charge in [0, 0.05) is 17.5 Å². The van der Waals surface area contributed by atoms with Crippen LogP contribution in [-0.2, 0) is 6.42 Å². The van der Waals surface area contributed by atoms with E-state index >= 15 is 0 Å². The zero-order valence-corrected chi connectivity index (χ0v) is 12.0. The van der Waals surface area contributed by atoms with Gasteiger partial charge in [0.2, 0.25) is 0 Å². The fourth-order valence-electron chi connectivity index (χ4n) is 3.30. The van der Waals surface area contributed by atoms with Crippen LogP contribution >= 0.6 is 0 Å². The molecule has 1 fully saturated rings. The number of hydrogen-bond acceptors (Lipinski definition) is 2. The topological polar surface area (TPSA) is 33.1 Å². The number of aromatic nitrogens is 1. The molecule has 1 aromatic heterocycles. The maximum atomic E-state index is 10.5. The molecule has 1 aliphatic carbocycles. The van der Waals surface area contributed by atoms with Crippen LogP contribution < -0.4 is 0 Å². The van der Waals surface area contributed by atoms with Gasteiger partial charge in [-0.05, 0) is 30.9 Å². The third kappa shape index (κ3) is 3.18. The lowest BCUT2D eigenvalue weighted by molar-refractivity contribution is 0.0978. The average Bonchev–Trinajstić information content (AvgIpc) is 2.76. The van der Waals surface area contributed by atoms with Gasteiger partial charge in [0.15, 0.2) is 0 Å². The van der Waals surface area contributed by atoms with Crippen molar-refractivity contribution in [3.05, 3.63) is 42.1 Å². The molecule has 0 bridgehead atoms. The fourth-order valence-corrected chi connectivity index (χ4v) is 3.30.